The first-order valence-corrected chi connectivity index (χ1v) is 7.19. The number of amides is 1. The zero-order valence-electron chi connectivity index (χ0n) is 13.3. The van der Waals surface area contributed by atoms with Crippen molar-refractivity contribution in [1.82, 2.24) is 4.98 Å². The Bertz CT molecular complexity index is 917. The van der Waals surface area contributed by atoms with E-state index in [1.807, 2.05) is 0 Å². The standard InChI is InChI=1S/C17H13F3N2O3/c1-22(16(23)17(18,19)20)11-5-8-14-13(9-11)21-15(25-14)10-3-6-12(24-2)7-4-10/h3-9H,1-2H3. The molecule has 0 N–H and O–H groups in total. The van der Waals surface area contributed by atoms with E-state index in [0.29, 0.717) is 33.2 Å². The van der Waals surface area contributed by atoms with Gasteiger partial charge in [-0.1, -0.05) is 0 Å². The molecule has 2 aromatic carbocycles. The van der Waals surface area contributed by atoms with Crippen LogP contribution in [0, 0.1) is 0 Å². The van der Waals surface area contributed by atoms with Crippen LogP contribution in [0.3, 0.4) is 0 Å². The number of carbonyl (C=O) groups is 1. The molecular formula is C17H13F3N2O3. The lowest BCUT2D eigenvalue weighted by atomic mass is 10.2. The van der Waals surface area contributed by atoms with Crippen molar-refractivity contribution in [2.75, 3.05) is 19.1 Å². The van der Waals surface area contributed by atoms with Gasteiger partial charge in [0.2, 0.25) is 5.89 Å². The van der Waals surface area contributed by atoms with E-state index < -0.39 is 12.1 Å². The Morgan fingerprint density at radius 1 is 1.16 bits per heavy atom. The largest absolute Gasteiger partial charge is 0.497 e. The molecule has 0 aliphatic rings. The number of oxazole rings is 1. The van der Waals surface area contributed by atoms with E-state index in [1.165, 1.54) is 18.2 Å². The summed E-state index contributed by atoms with van der Waals surface area (Å²) in [7, 11) is 2.61. The first-order valence-electron chi connectivity index (χ1n) is 7.19. The maximum absolute atomic E-state index is 12.6. The van der Waals surface area contributed by atoms with Crippen molar-refractivity contribution in [3.63, 3.8) is 0 Å². The number of benzene rings is 2. The Morgan fingerprint density at radius 3 is 2.44 bits per heavy atom. The van der Waals surface area contributed by atoms with Crippen LogP contribution in [-0.4, -0.2) is 31.2 Å². The van der Waals surface area contributed by atoms with Gasteiger partial charge in [0.15, 0.2) is 5.58 Å². The minimum atomic E-state index is -4.94. The van der Waals surface area contributed by atoms with Gasteiger partial charge in [0.05, 0.1) is 7.11 Å². The summed E-state index contributed by atoms with van der Waals surface area (Å²) in [4.78, 5) is 16.1. The summed E-state index contributed by atoms with van der Waals surface area (Å²) in [5.74, 6) is -0.959. The number of hydrogen-bond donors (Lipinski definition) is 0. The lowest BCUT2D eigenvalue weighted by Crippen LogP contribution is -2.38. The summed E-state index contributed by atoms with van der Waals surface area (Å²) in [6.07, 6.45) is -4.94. The molecule has 3 aromatic rings. The second-order valence-electron chi connectivity index (χ2n) is 5.26. The number of aromatic nitrogens is 1. The molecule has 1 amide bonds. The first kappa shape index (κ1) is 16.8. The summed E-state index contributed by atoms with van der Waals surface area (Å²) in [5, 5.41) is 0. The second-order valence-corrected chi connectivity index (χ2v) is 5.26. The summed E-state index contributed by atoms with van der Waals surface area (Å²) in [6.45, 7) is 0. The molecule has 0 radical (unpaired) electrons. The molecule has 1 heterocycles. The Balaban J connectivity index is 1.95. The van der Waals surface area contributed by atoms with E-state index in [1.54, 1.807) is 31.4 Å². The lowest BCUT2D eigenvalue weighted by Gasteiger charge is -2.18. The number of alkyl halides is 3. The molecule has 5 nitrogen and oxygen atoms in total. The van der Waals surface area contributed by atoms with E-state index in [2.05, 4.69) is 4.98 Å². The van der Waals surface area contributed by atoms with Crippen LogP contribution in [0.25, 0.3) is 22.6 Å². The number of halogens is 3. The van der Waals surface area contributed by atoms with Crippen molar-refractivity contribution in [3.8, 4) is 17.2 Å². The zero-order valence-corrected chi connectivity index (χ0v) is 13.3. The number of fused-ring (bicyclic) bond motifs is 1. The molecule has 1 aromatic heterocycles. The average molecular weight is 350 g/mol. The third-order valence-electron chi connectivity index (χ3n) is 3.64. The minimum absolute atomic E-state index is 0.0735. The van der Waals surface area contributed by atoms with Crippen LogP contribution < -0.4 is 9.64 Å². The summed E-state index contributed by atoms with van der Waals surface area (Å²) in [5.41, 5.74) is 1.52. The van der Waals surface area contributed by atoms with E-state index in [4.69, 9.17) is 9.15 Å². The van der Waals surface area contributed by atoms with Crippen molar-refractivity contribution in [2.24, 2.45) is 0 Å². The molecule has 0 bridgehead atoms. The van der Waals surface area contributed by atoms with Crippen molar-refractivity contribution >= 4 is 22.7 Å². The van der Waals surface area contributed by atoms with Crippen LogP contribution >= 0.6 is 0 Å². The molecule has 25 heavy (non-hydrogen) atoms. The Labute approximate surface area is 140 Å². The highest BCUT2D eigenvalue weighted by Gasteiger charge is 2.41. The minimum Gasteiger partial charge on any atom is -0.497 e. The number of rotatable bonds is 3. The molecule has 3 rings (SSSR count). The van der Waals surface area contributed by atoms with Crippen LogP contribution in [0.2, 0.25) is 0 Å². The van der Waals surface area contributed by atoms with E-state index in [9.17, 15) is 18.0 Å². The number of methoxy groups -OCH3 is 1. The Hall–Kier alpha value is -3.03. The predicted molar refractivity (Wildman–Crippen MR) is 85.5 cm³/mol. The van der Waals surface area contributed by atoms with Crippen LogP contribution in [0.5, 0.6) is 5.75 Å². The molecule has 8 heteroatoms. The van der Waals surface area contributed by atoms with Gasteiger partial charge in [-0.05, 0) is 42.5 Å². The van der Waals surface area contributed by atoms with Crippen LogP contribution in [0.4, 0.5) is 18.9 Å². The SMILES string of the molecule is COc1ccc(-c2nc3cc(N(C)C(=O)C(F)(F)F)ccc3o2)cc1. The molecule has 0 saturated heterocycles. The monoisotopic (exact) mass is 350 g/mol. The molecule has 0 aliphatic carbocycles. The maximum Gasteiger partial charge on any atom is 0.471 e. The number of nitrogens with zero attached hydrogens (tertiary/aromatic N) is 2. The van der Waals surface area contributed by atoms with Gasteiger partial charge in [-0.15, -0.1) is 0 Å². The van der Waals surface area contributed by atoms with Gasteiger partial charge in [-0.2, -0.15) is 13.2 Å². The van der Waals surface area contributed by atoms with Crippen molar-refractivity contribution in [2.45, 2.75) is 6.18 Å². The van der Waals surface area contributed by atoms with Gasteiger partial charge in [0.25, 0.3) is 0 Å². The number of carbonyl (C=O) groups excluding carboxylic acids is 1. The molecule has 0 unspecified atom stereocenters. The predicted octanol–water partition coefficient (Wildman–Crippen LogP) is 4.03. The van der Waals surface area contributed by atoms with Gasteiger partial charge in [-0.3, -0.25) is 4.79 Å². The van der Waals surface area contributed by atoms with Gasteiger partial charge in [0, 0.05) is 18.3 Å². The molecule has 0 fully saturated rings. The van der Waals surface area contributed by atoms with Gasteiger partial charge in [-0.25, -0.2) is 4.98 Å². The van der Waals surface area contributed by atoms with Crippen LogP contribution in [0.15, 0.2) is 46.9 Å². The van der Waals surface area contributed by atoms with Crippen molar-refractivity contribution in [1.29, 1.82) is 0 Å². The maximum atomic E-state index is 12.6. The summed E-state index contributed by atoms with van der Waals surface area (Å²) < 4.78 is 48.3. The molecule has 130 valence electrons. The third-order valence-corrected chi connectivity index (χ3v) is 3.64. The number of anilines is 1. The smallest absolute Gasteiger partial charge is 0.471 e. The van der Waals surface area contributed by atoms with E-state index in [0.717, 1.165) is 7.05 Å². The molecular weight excluding hydrogens is 337 g/mol. The fourth-order valence-electron chi connectivity index (χ4n) is 2.29. The van der Waals surface area contributed by atoms with Gasteiger partial charge < -0.3 is 14.1 Å². The van der Waals surface area contributed by atoms with Gasteiger partial charge >= 0.3 is 12.1 Å². The normalized spacial score (nSPS) is 11.6. The lowest BCUT2D eigenvalue weighted by molar-refractivity contribution is -0.170. The fourth-order valence-corrected chi connectivity index (χ4v) is 2.29. The number of hydrogen-bond acceptors (Lipinski definition) is 4. The van der Waals surface area contributed by atoms with Crippen molar-refractivity contribution in [3.05, 3.63) is 42.5 Å². The second kappa shape index (κ2) is 6.12. The van der Waals surface area contributed by atoms with E-state index in [-0.39, 0.29) is 5.69 Å². The first-order chi connectivity index (χ1) is 11.8. The topological polar surface area (TPSA) is 55.6 Å². The average Bonchev–Trinajstić information content (AvgIpc) is 3.02. The van der Waals surface area contributed by atoms with Crippen LogP contribution in [0.1, 0.15) is 0 Å². The third kappa shape index (κ3) is 3.28. The highest BCUT2D eigenvalue weighted by atomic mass is 19.4. The highest BCUT2D eigenvalue weighted by Crippen LogP contribution is 2.29. The van der Waals surface area contributed by atoms with Crippen molar-refractivity contribution < 1.29 is 27.1 Å². The Morgan fingerprint density at radius 2 is 1.84 bits per heavy atom. The van der Waals surface area contributed by atoms with Crippen LogP contribution in [-0.2, 0) is 4.79 Å². The zero-order chi connectivity index (χ0) is 18.2. The van der Waals surface area contributed by atoms with Gasteiger partial charge in [0.1, 0.15) is 11.3 Å². The molecule has 0 aliphatic heterocycles. The quantitative estimate of drug-likeness (QED) is 0.716. The molecule has 0 atom stereocenters. The summed E-state index contributed by atoms with van der Waals surface area (Å²) >= 11 is 0. The summed E-state index contributed by atoms with van der Waals surface area (Å²) in [6, 6.07) is 11.2. The molecule has 0 saturated carbocycles. The highest BCUT2D eigenvalue weighted by molar-refractivity contribution is 5.98. The number of ether oxygens (including phenoxy) is 1. The molecule has 0 spiro atoms. The fraction of sp³-hybridized carbons (Fsp3) is 0.176. The Kier molecular flexibility index (Phi) is 4.12. The van der Waals surface area contributed by atoms with E-state index >= 15 is 0 Å².